The SMILES string of the molecule is COc1ccc(N2NC3c4cc(C(=O)NCCc5ccccc5)ccc4NCC3C2=O)cc1. The highest BCUT2D eigenvalue weighted by Crippen LogP contribution is 2.40. The summed E-state index contributed by atoms with van der Waals surface area (Å²) in [5.41, 5.74) is 7.74. The van der Waals surface area contributed by atoms with E-state index >= 15 is 0 Å². The third-order valence-corrected chi connectivity index (χ3v) is 6.24. The van der Waals surface area contributed by atoms with Crippen molar-refractivity contribution in [1.29, 1.82) is 0 Å². The Morgan fingerprint density at radius 1 is 1.09 bits per heavy atom. The lowest BCUT2D eigenvalue weighted by molar-refractivity contribution is -0.120. The van der Waals surface area contributed by atoms with Crippen LogP contribution in [0.15, 0.2) is 72.8 Å². The van der Waals surface area contributed by atoms with Crippen molar-refractivity contribution in [2.24, 2.45) is 5.92 Å². The van der Waals surface area contributed by atoms with Gasteiger partial charge in [0.1, 0.15) is 5.75 Å². The lowest BCUT2D eigenvalue weighted by atomic mass is 9.88. The summed E-state index contributed by atoms with van der Waals surface area (Å²) in [6.07, 6.45) is 0.774. The predicted molar refractivity (Wildman–Crippen MR) is 127 cm³/mol. The Kier molecular flexibility index (Phi) is 5.71. The first-order valence-electron chi connectivity index (χ1n) is 11.1. The Labute approximate surface area is 192 Å². The van der Waals surface area contributed by atoms with Crippen LogP contribution in [0.25, 0.3) is 0 Å². The number of hydrazine groups is 1. The average Bonchev–Trinajstić information content (AvgIpc) is 3.21. The van der Waals surface area contributed by atoms with Gasteiger partial charge in [-0.2, -0.15) is 0 Å². The Morgan fingerprint density at radius 3 is 2.64 bits per heavy atom. The number of methoxy groups -OCH3 is 1. The molecule has 0 aromatic heterocycles. The van der Waals surface area contributed by atoms with Crippen LogP contribution in [0.1, 0.15) is 27.5 Å². The van der Waals surface area contributed by atoms with Gasteiger partial charge in [0.05, 0.1) is 24.8 Å². The summed E-state index contributed by atoms with van der Waals surface area (Å²) >= 11 is 0. The second kappa shape index (κ2) is 8.96. The van der Waals surface area contributed by atoms with E-state index in [1.165, 1.54) is 5.56 Å². The molecule has 2 aliphatic rings. The van der Waals surface area contributed by atoms with Crippen molar-refractivity contribution in [3.05, 3.63) is 89.5 Å². The maximum Gasteiger partial charge on any atom is 0.251 e. The molecule has 1 fully saturated rings. The molecule has 0 spiro atoms. The number of fused-ring (bicyclic) bond motifs is 3. The van der Waals surface area contributed by atoms with Gasteiger partial charge in [0, 0.05) is 24.3 Å². The van der Waals surface area contributed by atoms with Crippen molar-refractivity contribution in [2.75, 3.05) is 30.5 Å². The number of anilines is 2. The molecule has 0 saturated carbocycles. The molecule has 1 saturated heterocycles. The molecule has 2 aliphatic heterocycles. The van der Waals surface area contributed by atoms with Crippen LogP contribution in [0.2, 0.25) is 0 Å². The van der Waals surface area contributed by atoms with E-state index in [2.05, 4.69) is 16.1 Å². The molecule has 2 amide bonds. The van der Waals surface area contributed by atoms with Gasteiger partial charge >= 0.3 is 0 Å². The van der Waals surface area contributed by atoms with Crippen molar-refractivity contribution in [1.82, 2.24) is 10.7 Å². The van der Waals surface area contributed by atoms with Gasteiger partial charge in [-0.25, -0.2) is 10.4 Å². The molecule has 2 atom stereocenters. The van der Waals surface area contributed by atoms with Crippen molar-refractivity contribution in [3.63, 3.8) is 0 Å². The monoisotopic (exact) mass is 442 g/mol. The van der Waals surface area contributed by atoms with Gasteiger partial charge in [-0.1, -0.05) is 30.3 Å². The van der Waals surface area contributed by atoms with Gasteiger partial charge in [0.15, 0.2) is 0 Å². The lowest BCUT2D eigenvalue weighted by Gasteiger charge is -2.27. The van der Waals surface area contributed by atoms with Gasteiger partial charge < -0.3 is 15.4 Å². The summed E-state index contributed by atoms with van der Waals surface area (Å²) in [4.78, 5) is 25.9. The number of amides is 2. The maximum absolute atomic E-state index is 13.1. The molecule has 3 aromatic carbocycles. The highest BCUT2D eigenvalue weighted by molar-refractivity contribution is 5.99. The Hall–Kier alpha value is -3.84. The summed E-state index contributed by atoms with van der Waals surface area (Å²) in [7, 11) is 1.61. The fourth-order valence-electron chi connectivity index (χ4n) is 4.43. The van der Waals surface area contributed by atoms with Gasteiger partial charge in [0.25, 0.3) is 5.91 Å². The number of nitrogens with one attached hydrogen (secondary N) is 3. The summed E-state index contributed by atoms with van der Waals surface area (Å²) < 4.78 is 5.22. The van der Waals surface area contributed by atoms with E-state index in [0.29, 0.717) is 18.7 Å². The topological polar surface area (TPSA) is 82.7 Å². The molecule has 7 nitrogen and oxygen atoms in total. The Morgan fingerprint density at radius 2 is 1.88 bits per heavy atom. The molecule has 2 heterocycles. The number of carbonyl (C=O) groups is 2. The predicted octanol–water partition coefficient (Wildman–Crippen LogP) is 3.30. The van der Waals surface area contributed by atoms with Crippen LogP contribution in [0.4, 0.5) is 11.4 Å². The molecule has 33 heavy (non-hydrogen) atoms. The minimum Gasteiger partial charge on any atom is -0.497 e. The van der Waals surface area contributed by atoms with Crippen LogP contribution >= 0.6 is 0 Å². The molecule has 0 bridgehead atoms. The number of nitrogens with zero attached hydrogens (tertiary/aromatic N) is 1. The maximum atomic E-state index is 13.1. The van der Waals surface area contributed by atoms with Gasteiger partial charge in [-0.15, -0.1) is 0 Å². The smallest absolute Gasteiger partial charge is 0.251 e. The van der Waals surface area contributed by atoms with Gasteiger partial charge in [-0.3, -0.25) is 9.59 Å². The molecule has 0 aliphatic carbocycles. The molecule has 3 N–H and O–H groups in total. The first-order valence-corrected chi connectivity index (χ1v) is 11.1. The summed E-state index contributed by atoms with van der Waals surface area (Å²) in [6.45, 7) is 1.10. The number of hydrogen-bond acceptors (Lipinski definition) is 5. The number of ether oxygens (including phenoxy) is 1. The van der Waals surface area contributed by atoms with Gasteiger partial charge in [-0.05, 0) is 60.0 Å². The standard InChI is InChI=1S/C26H26N4O3/c1-33-20-10-8-19(9-11-20)30-26(32)22-16-28-23-12-7-18(15-21(23)24(22)29-30)25(31)27-14-13-17-5-3-2-4-6-17/h2-12,15,22,24,28-29H,13-14,16H2,1H3,(H,27,31). The minimum atomic E-state index is -0.254. The van der Waals surface area contributed by atoms with Crippen LogP contribution in [-0.2, 0) is 11.2 Å². The van der Waals surface area contributed by atoms with Gasteiger partial charge in [0.2, 0.25) is 5.91 Å². The fraction of sp³-hybridized carbons (Fsp3) is 0.231. The molecular formula is C26H26N4O3. The highest BCUT2D eigenvalue weighted by Gasteiger charge is 2.44. The average molecular weight is 443 g/mol. The number of hydrogen-bond donors (Lipinski definition) is 3. The minimum absolute atomic E-state index is 0.000956. The normalized spacial score (nSPS) is 18.8. The zero-order chi connectivity index (χ0) is 22.8. The van der Waals surface area contributed by atoms with Crippen molar-refractivity contribution in [3.8, 4) is 5.75 Å². The summed E-state index contributed by atoms with van der Waals surface area (Å²) in [5.74, 6) is 0.363. The largest absolute Gasteiger partial charge is 0.497 e. The van der Waals surface area contributed by atoms with E-state index in [0.717, 1.165) is 29.1 Å². The van der Waals surface area contributed by atoms with E-state index in [1.54, 1.807) is 12.1 Å². The molecule has 0 radical (unpaired) electrons. The first-order chi connectivity index (χ1) is 16.1. The Balaban J connectivity index is 1.31. The van der Waals surface area contributed by atoms with E-state index in [9.17, 15) is 9.59 Å². The second-order valence-corrected chi connectivity index (χ2v) is 8.26. The first kappa shape index (κ1) is 21.0. The van der Waals surface area contributed by atoms with Crippen LogP contribution in [0.3, 0.4) is 0 Å². The Bertz CT molecular complexity index is 1160. The van der Waals surface area contributed by atoms with Crippen LogP contribution in [-0.4, -0.2) is 32.0 Å². The van der Waals surface area contributed by atoms with Crippen LogP contribution in [0.5, 0.6) is 5.75 Å². The van der Waals surface area contributed by atoms with Crippen LogP contribution in [0, 0.1) is 5.92 Å². The van der Waals surface area contributed by atoms with Crippen molar-refractivity contribution in [2.45, 2.75) is 12.5 Å². The van der Waals surface area contributed by atoms with Crippen molar-refractivity contribution >= 4 is 23.2 Å². The second-order valence-electron chi connectivity index (χ2n) is 8.26. The number of rotatable bonds is 6. The molecule has 168 valence electrons. The molecule has 2 unspecified atom stereocenters. The number of benzene rings is 3. The summed E-state index contributed by atoms with van der Waals surface area (Å²) in [6, 6.07) is 22.9. The van der Waals surface area contributed by atoms with E-state index in [1.807, 2.05) is 72.8 Å². The molecule has 3 aromatic rings. The van der Waals surface area contributed by atoms with E-state index < -0.39 is 0 Å². The fourth-order valence-corrected chi connectivity index (χ4v) is 4.43. The third kappa shape index (κ3) is 4.15. The third-order valence-electron chi connectivity index (χ3n) is 6.24. The zero-order valence-electron chi connectivity index (χ0n) is 18.4. The summed E-state index contributed by atoms with van der Waals surface area (Å²) in [5, 5.41) is 7.94. The van der Waals surface area contributed by atoms with E-state index in [-0.39, 0.29) is 23.8 Å². The van der Waals surface area contributed by atoms with Crippen molar-refractivity contribution < 1.29 is 14.3 Å². The molecule has 7 heteroatoms. The lowest BCUT2D eigenvalue weighted by Crippen LogP contribution is -2.35. The zero-order valence-corrected chi connectivity index (χ0v) is 18.4. The quantitative estimate of drug-likeness (QED) is 0.546. The number of carbonyl (C=O) groups excluding carboxylic acids is 2. The van der Waals surface area contributed by atoms with E-state index in [4.69, 9.17) is 4.74 Å². The molecular weight excluding hydrogens is 416 g/mol. The highest BCUT2D eigenvalue weighted by atomic mass is 16.5. The van der Waals surface area contributed by atoms with Crippen LogP contribution < -0.4 is 25.8 Å². The molecule has 5 rings (SSSR count).